The Kier molecular flexibility index (Phi) is 10.9. The molecule has 0 aliphatic rings. The second-order valence-corrected chi connectivity index (χ2v) is 12.1. The zero-order valence-electron chi connectivity index (χ0n) is 27.3. The lowest BCUT2D eigenvalue weighted by Gasteiger charge is -2.18. The number of carbonyl (C=O) groups excluding carboxylic acids is 1. The van der Waals surface area contributed by atoms with Crippen LogP contribution in [0.1, 0.15) is 50.3 Å². The van der Waals surface area contributed by atoms with Crippen molar-refractivity contribution in [2.45, 2.75) is 40.5 Å². The van der Waals surface area contributed by atoms with Crippen LogP contribution >= 0.6 is 15.9 Å². The Morgan fingerprint density at radius 1 is 0.979 bits per heavy atom. The zero-order valence-corrected chi connectivity index (χ0v) is 28.9. The first kappa shape index (κ1) is 34.3. The molecule has 5 rings (SSSR count). The molecule has 11 heteroatoms. The van der Waals surface area contributed by atoms with Gasteiger partial charge in [-0.1, -0.05) is 32.0 Å². The highest BCUT2D eigenvalue weighted by Gasteiger charge is 2.19. The van der Waals surface area contributed by atoms with Crippen LogP contribution in [0.5, 0.6) is 17.2 Å². The maximum absolute atomic E-state index is 13.9. The van der Waals surface area contributed by atoms with Crippen LogP contribution in [0.15, 0.2) is 87.2 Å². The highest BCUT2D eigenvalue weighted by atomic mass is 79.9. The van der Waals surface area contributed by atoms with E-state index in [1.807, 2.05) is 45.0 Å². The molecule has 1 heterocycles. The number of ether oxygens (including phenoxy) is 3. The Morgan fingerprint density at radius 2 is 1.71 bits per heavy atom. The Morgan fingerprint density at radius 3 is 2.44 bits per heavy atom. The molecule has 0 saturated heterocycles. The lowest BCUT2D eigenvalue weighted by atomic mass is 9.96. The molecule has 0 spiro atoms. The maximum Gasteiger partial charge on any atom is 0.282 e. The van der Waals surface area contributed by atoms with Gasteiger partial charge in [-0.05, 0) is 108 Å². The van der Waals surface area contributed by atoms with Gasteiger partial charge in [-0.2, -0.15) is 9.78 Å². The van der Waals surface area contributed by atoms with E-state index in [-0.39, 0.29) is 18.1 Å². The number of aryl methyl sites for hydroxylation is 1. The molecule has 5 aromatic rings. The first-order valence-electron chi connectivity index (χ1n) is 15.6. The van der Waals surface area contributed by atoms with E-state index < -0.39 is 11.7 Å². The van der Waals surface area contributed by atoms with Crippen LogP contribution in [0.2, 0.25) is 0 Å². The second-order valence-electron chi connectivity index (χ2n) is 11.2. The number of hydrogen-bond donors (Lipinski definition) is 1. The molecule has 48 heavy (non-hydrogen) atoms. The maximum atomic E-state index is 13.9. The van der Waals surface area contributed by atoms with Crippen LogP contribution in [0, 0.1) is 12.7 Å². The molecule has 0 radical (unpaired) electrons. The predicted molar refractivity (Wildman–Crippen MR) is 190 cm³/mol. The van der Waals surface area contributed by atoms with Crippen molar-refractivity contribution in [1.29, 1.82) is 0 Å². The number of aromatic nitrogens is 2. The van der Waals surface area contributed by atoms with Crippen LogP contribution in [0.3, 0.4) is 0 Å². The fraction of sp³-hybridized carbons (Fsp3) is 0.243. The van der Waals surface area contributed by atoms with Gasteiger partial charge < -0.3 is 19.5 Å². The molecular weight excluding hydrogens is 679 g/mol. The third-order valence-electron chi connectivity index (χ3n) is 7.42. The van der Waals surface area contributed by atoms with Gasteiger partial charge in [-0.3, -0.25) is 9.59 Å². The minimum Gasteiger partial charge on any atom is -0.494 e. The summed E-state index contributed by atoms with van der Waals surface area (Å²) in [5, 5.41) is 7.70. The SMILES string of the molecule is CCOc1cc(C=Nn2c(-c3cc(C(C)C)c(OCC)cc3C)nc3ccccc3c2=O)c(Br)cc1OCC(=O)Nc1cccc(F)c1. The molecule has 248 valence electrons. The normalized spacial score (nSPS) is 11.3. The lowest BCUT2D eigenvalue weighted by Crippen LogP contribution is -2.21. The van der Waals surface area contributed by atoms with E-state index in [1.54, 1.807) is 36.5 Å². The van der Waals surface area contributed by atoms with E-state index in [1.165, 1.54) is 22.9 Å². The minimum atomic E-state index is -0.467. The van der Waals surface area contributed by atoms with Crippen molar-refractivity contribution >= 4 is 44.6 Å². The molecule has 0 atom stereocenters. The van der Waals surface area contributed by atoms with Crippen molar-refractivity contribution in [3.63, 3.8) is 0 Å². The zero-order chi connectivity index (χ0) is 34.4. The van der Waals surface area contributed by atoms with Gasteiger partial charge in [-0.15, -0.1) is 0 Å². The number of rotatable bonds is 12. The molecule has 0 aliphatic carbocycles. The molecule has 0 bridgehead atoms. The van der Waals surface area contributed by atoms with Gasteiger partial charge >= 0.3 is 0 Å². The molecule has 9 nitrogen and oxygen atoms in total. The first-order chi connectivity index (χ1) is 23.1. The van der Waals surface area contributed by atoms with Crippen molar-refractivity contribution in [1.82, 2.24) is 9.66 Å². The number of amides is 1. The van der Waals surface area contributed by atoms with E-state index >= 15 is 0 Å². The Bertz CT molecular complexity index is 2060. The molecule has 1 N–H and O–H groups in total. The lowest BCUT2D eigenvalue weighted by molar-refractivity contribution is -0.118. The highest BCUT2D eigenvalue weighted by molar-refractivity contribution is 9.10. The molecule has 0 aliphatic heterocycles. The molecule has 1 aromatic heterocycles. The topological polar surface area (TPSA) is 104 Å². The summed E-state index contributed by atoms with van der Waals surface area (Å²) in [7, 11) is 0. The number of nitrogens with zero attached hydrogens (tertiary/aromatic N) is 3. The second kappa shape index (κ2) is 15.2. The summed E-state index contributed by atoms with van der Waals surface area (Å²) in [6.07, 6.45) is 1.54. The van der Waals surface area contributed by atoms with E-state index in [2.05, 4.69) is 40.2 Å². The molecule has 0 unspecified atom stereocenters. The number of nitrogens with one attached hydrogen (secondary N) is 1. The largest absolute Gasteiger partial charge is 0.494 e. The average molecular weight is 716 g/mol. The van der Waals surface area contributed by atoms with Crippen molar-refractivity contribution in [3.8, 4) is 28.6 Å². The number of halogens is 2. The van der Waals surface area contributed by atoms with E-state index in [0.717, 1.165) is 22.4 Å². The van der Waals surface area contributed by atoms with E-state index in [9.17, 15) is 14.0 Å². The Labute approximate surface area is 286 Å². The molecule has 0 fully saturated rings. The van der Waals surface area contributed by atoms with Crippen molar-refractivity contribution < 1.29 is 23.4 Å². The number of benzene rings is 4. The van der Waals surface area contributed by atoms with Gasteiger partial charge in [0.15, 0.2) is 23.9 Å². The van der Waals surface area contributed by atoms with Crippen LogP contribution in [0.25, 0.3) is 22.3 Å². The van der Waals surface area contributed by atoms with E-state index in [0.29, 0.717) is 57.2 Å². The molecule has 0 saturated carbocycles. The summed E-state index contributed by atoms with van der Waals surface area (Å²) >= 11 is 3.57. The Balaban J connectivity index is 1.52. The van der Waals surface area contributed by atoms with Crippen molar-refractivity contribution in [3.05, 3.63) is 110 Å². The number of fused-ring (bicyclic) bond motifs is 1. The van der Waals surface area contributed by atoms with Gasteiger partial charge in [0.2, 0.25) is 0 Å². The molecule has 4 aromatic carbocycles. The minimum absolute atomic E-state index is 0.163. The molecule has 1 amide bonds. The summed E-state index contributed by atoms with van der Waals surface area (Å²) in [4.78, 5) is 31.3. The number of hydrogen-bond acceptors (Lipinski definition) is 7. The average Bonchev–Trinajstić information content (AvgIpc) is 3.05. The smallest absolute Gasteiger partial charge is 0.282 e. The molecular formula is C37H36BrFN4O5. The van der Waals surface area contributed by atoms with Crippen molar-refractivity contribution in [2.75, 3.05) is 25.1 Å². The third-order valence-corrected chi connectivity index (χ3v) is 8.10. The fourth-order valence-electron chi connectivity index (χ4n) is 5.13. The monoisotopic (exact) mass is 714 g/mol. The van der Waals surface area contributed by atoms with Gasteiger partial charge in [0.05, 0.1) is 30.3 Å². The summed E-state index contributed by atoms with van der Waals surface area (Å²) in [5.74, 6) is 1.11. The quantitative estimate of drug-likeness (QED) is 0.131. The highest BCUT2D eigenvalue weighted by Crippen LogP contribution is 2.35. The summed E-state index contributed by atoms with van der Waals surface area (Å²) in [6.45, 7) is 10.4. The van der Waals surface area contributed by atoms with Gasteiger partial charge in [-0.25, -0.2) is 9.37 Å². The summed E-state index contributed by atoms with van der Waals surface area (Å²) in [6, 6.07) is 20.1. The fourth-order valence-corrected chi connectivity index (χ4v) is 5.56. The van der Waals surface area contributed by atoms with Gasteiger partial charge in [0, 0.05) is 21.3 Å². The third kappa shape index (κ3) is 7.74. The van der Waals surface area contributed by atoms with Crippen LogP contribution < -0.4 is 25.1 Å². The number of para-hydroxylation sites is 1. The predicted octanol–water partition coefficient (Wildman–Crippen LogP) is 8.09. The van der Waals surface area contributed by atoms with Gasteiger partial charge in [0.25, 0.3) is 11.5 Å². The van der Waals surface area contributed by atoms with Gasteiger partial charge in [0.1, 0.15) is 11.6 Å². The Hall–Kier alpha value is -5.03. The van der Waals surface area contributed by atoms with Crippen molar-refractivity contribution in [2.24, 2.45) is 5.10 Å². The summed E-state index contributed by atoms with van der Waals surface area (Å²) in [5.41, 5.74) is 3.79. The van der Waals surface area contributed by atoms with E-state index in [4.69, 9.17) is 19.2 Å². The first-order valence-corrected chi connectivity index (χ1v) is 16.4. The van der Waals surface area contributed by atoms with Crippen LogP contribution in [0.4, 0.5) is 10.1 Å². The van der Waals surface area contributed by atoms with Crippen LogP contribution in [-0.4, -0.2) is 41.6 Å². The summed E-state index contributed by atoms with van der Waals surface area (Å²) < 4.78 is 33.0. The van der Waals surface area contributed by atoms with Crippen LogP contribution in [-0.2, 0) is 4.79 Å². The number of anilines is 1. The number of carbonyl (C=O) groups is 1. The standard InChI is InChI=1S/C37H36BrFN4O5/c1-6-46-32-15-23(5)29(18-28(32)22(3)4)36-42-31-14-9-8-13-27(31)37(45)43(36)40-20-24-16-33(47-7-2)34(19-30(24)38)48-21-35(44)41-26-12-10-11-25(39)17-26/h8-20,22H,6-7,21H2,1-5H3,(H,41,44).